The van der Waals surface area contributed by atoms with E-state index in [9.17, 15) is 4.79 Å². The molecule has 1 atom stereocenters. The molecule has 0 aliphatic carbocycles. The number of rotatable bonds is 5. The van der Waals surface area contributed by atoms with Gasteiger partial charge in [0.2, 0.25) is 11.8 Å². The summed E-state index contributed by atoms with van der Waals surface area (Å²) in [5.41, 5.74) is 1.89. The number of carbonyl (C=O) groups is 1. The fourth-order valence-electron chi connectivity index (χ4n) is 3.17. The van der Waals surface area contributed by atoms with Crippen LogP contribution in [-0.2, 0) is 4.79 Å². The molecule has 0 spiro atoms. The van der Waals surface area contributed by atoms with Gasteiger partial charge >= 0.3 is 0 Å². The lowest BCUT2D eigenvalue weighted by atomic mass is 9.99. The van der Waals surface area contributed by atoms with E-state index in [0.717, 1.165) is 17.1 Å². The van der Waals surface area contributed by atoms with E-state index in [1.807, 2.05) is 61.6 Å². The number of hydrogen-bond donors (Lipinski definition) is 1. The number of aromatic nitrogens is 2. The molecule has 0 saturated carbocycles. The molecule has 1 saturated heterocycles. The highest BCUT2D eigenvalue weighted by Crippen LogP contribution is 2.34. The highest BCUT2D eigenvalue weighted by Gasteiger charge is 2.30. The molecule has 1 aromatic carbocycles. The number of pyridine rings is 2. The molecule has 1 unspecified atom stereocenters. The van der Waals surface area contributed by atoms with Crippen molar-refractivity contribution in [3.8, 4) is 11.6 Å². The van der Waals surface area contributed by atoms with Gasteiger partial charge in [0, 0.05) is 49.6 Å². The lowest BCUT2D eigenvalue weighted by Crippen LogP contribution is -2.18. The summed E-state index contributed by atoms with van der Waals surface area (Å²) in [5.74, 6) is 2.29. The molecule has 136 valence electrons. The van der Waals surface area contributed by atoms with E-state index in [4.69, 9.17) is 4.74 Å². The molecule has 1 N–H and O–H groups in total. The Morgan fingerprint density at radius 3 is 2.56 bits per heavy atom. The molecule has 1 amide bonds. The van der Waals surface area contributed by atoms with Gasteiger partial charge in [0.05, 0.1) is 0 Å². The summed E-state index contributed by atoms with van der Waals surface area (Å²) in [6.45, 7) is 0.688. The van der Waals surface area contributed by atoms with Crippen molar-refractivity contribution in [2.24, 2.45) is 0 Å². The van der Waals surface area contributed by atoms with E-state index in [0.29, 0.717) is 24.6 Å². The number of nitrogens with one attached hydrogen (secondary N) is 1. The Morgan fingerprint density at radius 1 is 1.04 bits per heavy atom. The molecular weight excluding hydrogens is 340 g/mol. The van der Waals surface area contributed by atoms with Gasteiger partial charge in [0.1, 0.15) is 11.6 Å². The monoisotopic (exact) mass is 360 g/mol. The average molecular weight is 360 g/mol. The molecule has 1 aliphatic heterocycles. The van der Waals surface area contributed by atoms with Crippen molar-refractivity contribution < 1.29 is 9.53 Å². The van der Waals surface area contributed by atoms with E-state index < -0.39 is 0 Å². The fraction of sp³-hybridized carbons (Fsp3) is 0.190. The first-order valence-electron chi connectivity index (χ1n) is 8.84. The minimum atomic E-state index is 0.108. The van der Waals surface area contributed by atoms with Crippen molar-refractivity contribution in [3.63, 3.8) is 0 Å². The maximum Gasteiger partial charge on any atom is 0.223 e. The topological polar surface area (TPSA) is 67.3 Å². The van der Waals surface area contributed by atoms with Gasteiger partial charge in [-0.25, -0.2) is 9.97 Å². The quantitative estimate of drug-likeness (QED) is 0.746. The largest absolute Gasteiger partial charge is 0.439 e. The van der Waals surface area contributed by atoms with Crippen LogP contribution in [0.2, 0.25) is 0 Å². The van der Waals surface area contributed by atoms with Gasteiger partial charge in [-0.3, -0.25) is 4.79 Å². The Kier molecular flexibility index (Phi) is 4.70. The van der Waals surface area contributed by atoms with Crippen molar-refractivity contribution in [1.29, 1.82) is 0 Å². The van der Waals surface area contributed by atoms with Crippen LogP contribution in [0.4, 0.5) is 11.5 Å². The summed E-state index contributed by atoms with van der Waals surface area (Å²) in [6.07, 6.45) is 3.94. The molecule has 0 bridgehead atoms. The van der Waals surface area contributed by atoms with E-state index in [2.05, 4.69) is 15.3 Å². The zero-order valence-electron chi connectivity index (χ0n) is 15.0. The van der Waals surface area contributed by atoms with Crippen LogP contribution in [0.3, 0.4) is 0 Å². The van der Waals surface area contributed by atoms with E-state index >= 15 is 0 Å². The normalized spacial score (nSPS) is 16.4. The molecule has 3 heterocycles. The van der Waals surface area contributed by atoms with Crippen molar-refractivity contribution in [2.75, 3.05) is 18.9 Å². The van der Waals surface area contributed by atoms with Crippen molar-refractivity contribution in [3.05, 3.63) is 72.6 Å². The highest BCUT2D eigenvalue weighted by atomic mass is 16.5. The first-order valence-corrected chi connectivity index (χ1v) is 8.84. The summed E-state index contributed by atoms with van der Waals surface area (Å²) < 4.78 is 6.01. The summed E-state index contributed by atoms with van der Waals surface area (Å²) in [4.78, 5) is 22.2. The maximum absolute atomic E-state index is 11.9. The number of carbonyl (C=O) groups excluding carboxylic acids is 1. The number of anilines is 2. The first-order chi connectivity index (χ1) is 13.2. The minimum Gasteiger partial charge on any atom is -0.439 e. The lowest BCUT2D eigenvalue weighted by molar-refractivity contribution is -0.126. The first kappa shape index (κ1) is 17.0. The molecule has 0 radical (unpaired) electrons. The molecule has 1 aliphatic rings. The van der Waals surface area contributed by atoms with Crippen LogP contribution < -0.4 is 10.1 Å². The third kappa shape index (κ3) is 3.89. The predicted octanol–water partition coefficient (Wildman–Crippen LogP) is 3.96. The maximum atomic E-state index is 11.9. The molecule has 6 heteroatoms. The van der Waals surface area contributed by atoms with E-state index in [1.54, 1.807) is 17.3 Å². The number of likely N-dealkylation sites (tertiary alicyclic amines) is 1. The molecule has 1 fully saturated rings. The standard InChI is InChI=1S/C21H20N4O2/c1-25-14-15(13-20(25)26)18-5-4-12-23-21(18)27-17-9-7-16(8-10-17)24-19-6-2-3-11-22-19/h2-12,15H,13-14H2,1H3,(H,22,24). The van der Waals surface area contributed by atoms with Crippen LogP contribution in [0.15, 0.2) is 67.0 Å². The second-order valence-electron chi connectivity index (χ2n) is 6.54. The number of ether oxygens (including phenoxy) is 1. The van der Waals surface area contributed by atoms with Crippen molar-refractivity contribution in [2.45, 2.75) is 12.3 Å². The van der Waals surface area contributed by atoms with Crippen LogP contribution in [0.25, 0.3) is 0 Å². The molecular formula is C21H20N4O2. The smallest absolute Gasteiger partial charge is 0.223 e. The van der Waals surface area contributed by atoms with Gasteiger partial charge in [-0.05, 0) is 42.5 Å². The van der Waals surface area contributed by atoms with Crippen LogP contribution >= 0.6 is 0 Å². The van der Waals surface area contributed by atoms with Crippen LogP contribution in [0.5, 0.6) is 11.6 Å². The lowest BCUT2D eigenvalue weighted by Gasteiger charge is -2.15. The summed E-state index contributed by atoms with van der Waals surface area (Å²) >= 11 is 0. The molecule has 2 aromatic heterocycles. The average Bonchev–Trinajstić information content (AvgIpc) is 3.03. The van der Waals surface area contributed by atoms with Gasteiger partial charge in [-0.15, -0.1) is 0 Å². The summed E-state index contributed by atoms with van der Waals surface area (Å²) in [5, 5.41) is 3.24. The second kappa shape index (κ2) is 7.45. The molecule has 3 aromatic rings. The van der Waals surface area contributed by atoms with Crippen molar-refractivity contribution in [1.82, 2.24) is 14.9 Å². The van der Waals surface area contributed by atoms with E-state index in [1.165, 1.54) is 0 Å². The Balaban J connectivity index is 1.49. The Morgan fingerprint density at radius 2 is 1.85 bits per heavy atom. The molecule has 4 rings (SSSR count). The SMILES string of the molecule is CN1CC(c2cccnc2Oc2ccc(Nc3ccccn3)cc2)CC1=O. The van der Waals surface area contributed by atoms with Crippen LogP contribution in [0, 0.1) is 0 Å². The Hall–Kier alpha value is -3.41. The minimum absolute atomic E-state index is 0.108. The third-order valence-electron chi connectivity index (χ3n) is 4.59. The molecule has 27 heavy (non-hydrogen) atoms. The van der Waals surface area contributed by atoms with Crippen LogP contribution in [0.1, 0.15) is 17.9 Å². The van der Waals surface area contributed by atoms with Crippen LogP contribution in [-0.4, -0.2) is 34.4 Å². The summed E-state index contributed by atoms with van der Waals surface area (Å²) in [6, 6.07) is 17.2. The number of likely N-dealkylation sites (N-methyl/N-ethyl adjacent to an activating group) is 1. The number of nitrogens with zero attached hydrogens (tertiary/aromatic N) is 3. The van der Waals surface area contributed by atoms with Gasteiger partial charge in [0.15, 0.2) is 0 Å². The number of benzene rings is 1. The zero-order chi connectivity index (χ0) is 18.6. The van der Waals surface area contributed by atoms with Gasteiger partial charge in [-0.1, -0.05) is 12.1 Å². The predicted molar refractivity (Wildman–Crippen MR) is 103 cm³/mol. The highest BCUT2D eigenvalue weighted by molar-refractivity contribution is 5.79. The van der Waals surface area contributed by atoms with E-state index in [-0.39, 0.29) is 11.8 Å². The number of amides is 1. The fourth-order valence-corrected chi connectivity index (χ4v) is 3.17. The van der Waals surface area contributed by atoms with Gasteiger partial charge in [-0.2, -0.15) is 0 Å². The second-order valence-corrected chi connectivity index (χ2v) is 6.54. The van der Waals surface area contributed by atoms with Gasteiger partial charge in [0.25, 0.3) is 0 Å². The molecule has 6 nitrogen and oxygen atoms in total. The number of hydrogen-bond acceptors (Lipinski definition) is 5. The van der Waals surface area contributed by atoms with Gasteiger partial charge < -0.3 is 15.0 Å². The Labute approximate surface area is 157 Å². The third-order valence-corrected chi connectivity index (χ3v) is 4.59. The summed E-state index contributed by atoms with van der Waals surface area (Å²) in [7, 11) is 1.83. The Bertz CT molecular complexity index is 928. The zero-order valence-corrected chi connectivity index (χ0v) is 15.0. The van der Waals surface area contributed by atoms with Crippen molar-refractivity contribution >= 4 is 17.4 Å².